The average Bonchev–Trinajstić information content (AvgIpc) is 2.69. The molecule has 0 amide bonds. The summed E-state index contributed by atoms with van der Waals surface area (Å²) in [6.07, 6.45) is 0. The summed E-state index contributed by atoms with van der Waals surface area (Å²) in [5, 5.41) is 4.39. The molecule has 1 aromatic heterocycles. The quantitative estimate of drug-likeness (QED) is 0.875. The Balaban J connectivity index is 2.01. The third kappa shape index (κ3) is 3.11. The molecular formula is C14H20N4. The molecule has 0 aliphatic rings. The van der Waals surface area contributed by atoms with Crippen molar-refractivity contribution in [3.05, 3.63) is 47.7 Å². The van der Waals surface area contributed by atoms with E-state index in [2.05, 4.69) is 41.2 Å². The number of aromatic nitrogens is 2. The fourth-order valence-corrected chi connectivity index (χ4v) is 1.97. The van der Waals surface area contributed by atoms with Crippen LogP contribution in [0.15, 0.2) is 36.4 Å². The number of hydrogen-bond acceptors (Lipinski definition) is 3. The van der Waals surface area contributed by atoms with Crippen molar-refractivity contribution < 1.29 is 0 Å². The predicted molar refractivity (Wildman–Crippen MR) is 73.9 cm³/mol. The third-order valence-electron chi connectivity index (χ3n) is 3.05. The summed E-state index contributed by atoms with van der Waals surface area (Å²) in [5.41, 5.74) is 8.14. The summed E-state index contributed by atoms with van der Waals surface area (Å²) in [7, 11) is 1.87. The van der Waals surface area contributed by atoms with Gasteiger partial charge in [-0.05, 0) is 12.1 Å². The van der Waals surface area contributed by atoms with Gasteiger partial charge in [0.1, 0.15) is 5.82 Å². The molecule has 1 heterocycles. The Morgan fingerprint density at radius 1 is 1.22 bits per heavy atom. The SMILES string of the molecule is CCN(Cc1ccccc1)Cc1cc(N)n(C)n1. The van der Waals surface area contributed by atoms with Crippen LogP contribution in [0.25, 0.3) is 0 Å². The van der Waals surface area contributed by atoms with Crippen molar-refractivity contribution in [3.63, 3.8) is 0 Å². The van der Waals surface area contributed by atoms with Crippen molar-refractivity contribution in [1.29, 1.82) is 0 Å². The number of nitrogens with two attached hydrogens (primary N) is 1. The minimum atomic E-state index is 0.709. The lowest BCUT2D eigenvalue weighted by molar-refractivity contribution is 0.267. The van der Waals surface area contributed by atoms with Gasteiger partial charge in [-0.2, -0.15) is 5.10 Å². The molecule has 0 unspecified atom stereocenters. The second-order valence-corrected chi connectivity index (χ2v) is 4.47. The molecule has 0 atom stereocenters. The van der Waals surface area contributed by atoms with Crippen LogP contribution < -0.4 is 5.73 Å². The molecular weight excluding hydrogens is 224 g/mol. The van der Waals surface area contributed by atoms with Gasteiger partial charge < -0.3 is 5.73 Å². The van der Waals surface area contributed by atoms with Crippen molar-refractivity contribution in [1.82, 2.24) is 14.7 Å². The van der Waals surface area contributed by atoms with E-state index in [0.29, 0.717) is 5.82 Å². The van der Waals surface area contributed by atoms with Crippen LogP contribution in [0, 0.1) is 0 Å². The van der Waals surface area contributed by atoms with E-state index in [0.717, 1.165) is 25.3 Å². The Bertz CT molecular complexity index is 470. The topological polar surface area (TPSA) is 47.1 Å². The number of hydrogen-bond donors (Lipinski definition) is 1. The zero-order chi connectivity index (χ0) is 13.0. The van der Waals surface area contributed by atoms with Crippen molar-refractivity contribution in [2.24, 2.45) is 7.05 Å². The van der Waals surface area contributed by atoms with Gasteiger partial charge in [-0.15, -0.1) is 0 Å². The molecule has 0 bridgehead atoms. The first-order valence-electron chi connectivity index (χ1n) is 6.23. The van der Waals surface area contributed by atoms with Crippen molar-refractivity contribution in [2.45, 2.75) is 20.0 Å². The second-order valence-electron chi connectivity index (χ2n) is 4.47. The minimum Gasteiger partial charge on any atom is -0.384 e. The van der Waals surface area contributed by atoms with Crippen molar-refractivity contribution in [3.8, 4) is 0 Å². The third-order valence-corrected chi connectivity index (χ3v) is 3.05. The standard InChI is InChI=1S/C14H20N4/c1-3-18(10-12-7-5-4-6-8-12)11-13-9-14(15)17(2)16-13/h4-9H,3,10-11,15H2,1-2H3. The summed E-state index contributed by atoms with van der Waals surface area (Å²) in [6.45, 7) is 4.92. The molecule has 0 aliphatic carbocycles. The van der Waals surface area contributed by atoms with Gasteiger partial charge in [-0.25, -0.2) is 0 Å². The van der Waals surface area contributed by atoms with E-state index in [1.54, 1.807) is 4.68 Å². The van der Waals surface area contributed by atoms with Crippen LogP contribution in [0.3, 0.4) is 0 Å². The zero-order valence-electron chi connectivity index (χ0n) is 11.0. The highest BCUT2D eigenvalue weighted by Crippen LogP contribution is 2.10. The maximum absolute atomic E-state index is 5.79. The highest BCUT2D eigenvalue weighted by atomic mass is 15.3. The Hall–Kier alpha value is -1.81. The maximum atomic E-state index is 5.79. The lowest BCUT2D eigenvalue weighted by atomic mass is 10.2. The summed E-state index contributed by atoms with van der Waals surface area (Å²) in [5.74, 6) is 0.709. The fourth-order valence-electron chi connectivity index (χ4n) is 1.97. The molecule has 0 fully saturated rings. The Labute approximate surface area is 108 Å². The number of nitrogens with zero attached hydrogens (tertiary/aromatic N) is 3. The van der Waals surface area contributed by atoms with Crippen LogP contribution in [0.1, 0.15) is 18.2 Å². The Kier molecular flexibility index (Phi) is 3.99. The van der Waals surface area contributed by atoms with Crippen LogP contribution in [0.5, 0.6) is 0 Å². The first-order valence-corrected chi connectivity index (χ1v) is 6.23. The minimum absolute atomic E-state index is 0.709. The molecule has 18 heavy (non-hydrogen) atoms. The molecule has 0 saturated carbocycles. The van der Waals surface area contributed by atoms with Gasteiger partial charge in [0.15, 0.2) is 0 Å². The molecule has 2 rings (SSSR count). The monoisotopic (exact) mass is 244 g/mol. The normalized spacial score (nSPS) is 11.1. The lowest BCUT2D eigenvalue weighted by Gasteiger charge is -2.19. The first-order chi connectivity index (χ1) is 8.69. The lowest BCUT2D eigenvalue weighted by Crippen LogP contribution is -2.22. The second kappa shape index (κ2) is 5.69. The fraction of sp³-hybridized carbons (Fsp3) is 0.357. The number of nitrogen functional groups attached to an aromatic ring is 1. The largest absolute Gasteiger partial charge is 0.384 e. The molecule has 1 aromatic carbocycles. The van der Waals surface area contributed by atoms with E-state index >= 15 is 0 Å². The number of rotatable bonds is 5. The molecule has 4 nitrogen and oxygen atoms in total. The van der Waals surface area contributed by atoms with E-state index in [9.17, 15) is 0 Å². The highest BCUT2D eigenvalue weighted by molar-refractivity contribution is 5.30. The van der Waals surface area contributed by atoms with Gasteiger partial charge in [0, 0.05) is 26.2 Å². The Morgan fingerprint density at radius 3 is 2.50 bits per heavy atom. The number of benzene rings is 1. The first kappa shape index (κ1) is 12.6. The van der Waals surface area contributed by atoms with Crippen LogP contribution in [-0.4, -0.2) is 21.2 Å². The molecule has 0 saturated heterocycles. The summed E-state index contributed by atoms with van der Waals surface area (Å²) < 4.78 is 1.71. The number of anilines is 1. The summed E-state index contributed by atoms with van der Waals surface area (Å²) in [6, 6.07) is 12.4. The van der Waals surface area contributed by atoms with Gasteiger partial charge in [-0.1, -0.05) is 37.3 Å². The van der Waals surface area contributed by atoms with Crippen LogP contribution in [0.4, 0.5) is 5.82 Å². The smallest absolute Gasteiger partial charge is 0.121 e. The van der Waals surface area contributed by atoms with Crippen molar-refractivity contribution >= 4 is 5.82 Å². The zero-order valence-corrected chi connectivity index (χ0v) is 11.0. The predicted octanol–water partition coefficient (Wildman–Crippen LogP) is 2.02. The van der Waals surface area contributed by atoms with Gasteiger partial charge in [0.25, 0.3) is 0 Å². The van der Waals surface area contributed by atoms with Gasteiger partial charge in [0.05, 0.1) is 5.69 Å². The van der Waals surface area contributed by atoms with Gasteiger partial charge >= 0.3 is 0 Å². The van der Waals surface area contributed by atoms with E-state index in [1.165, 1.54) is 5.56 Å². The molecule has 2 N–H and O–H groups in total. The number of aryl methyl sites for hydroxylation is 1. The van der Waals surface area contributed by atoms with Crippen molar-refractivity contribution in [2.75, 3.05) is 12.3 Å². The molecule has 0 aliphatic heterocycles. The molecule has 0 radical (unpaired) electrons. The Morgan fingerprint density at radius 2 is 1.94 bits per heavy atom. The molecule has 4 heteroatoms. The van der Waals surface area contributed by atoms with Gasteiger partial charge in [-0.3, -0.25) is 9.58 Å². The van der Waals surface area contributed by atoms with E-state index in [-0.39, 0.29) is 0 Å². The average molecular weight is 244 g/mol. The van der Waals surface area contributed by atoms with Gasteiger partial charge in [0.2, 0.25) is 0 Å². The highest BCUT2D eigenvalue weighted by Gasteiger charge is 2.08. The van der Waals surface area contributed by atoms with Crippen LogP contribution >= 0.6 is 0 Å². The molecule has 2 aromatic rings. The maximum Gasteiger partial charge on any atom is 0.121 e. The molecule has 0 spiro atoms. The summed E-state index contributed by atoms with van der Waals surface area (Å²) in [4.78, 5) is 2.34. The van der Waals surface area contributed by atoms with Crippen LogP contribution in [0.2, 0.25) is 0 Å². The van der Waals surface area contributed by atoms with Crippen LogP contribution in [-0.2, 0) is 20.1 Å². The molecule has 96 valence electrons. The summed E-state index contributed by atoms with van der Waals surface area (Å²) >= 11 is 0. The van der Waals surface area contributed by atoms with E-state index < -0.39 is 0 Å². The van der Waals surface area contributed by atoms with E-state index in [1.807, 2.05) is 19.2 Å². The van der Waals surface area contributed by atoms with E-state index in [4.69, 9.17) is 5.73 Å².